The fourth-order valence-electron chi connectivity index (χ4n) is 1.98. The van der Waals surface area contributed by atoms with E-state index in [4.69, 9.17) is 11.6 Å². The first-order valence-corrected chi connectivity index (χ1v) is 6.97. The summed E-state index contributed by atoms with van der Waals surface area (Å²) in [5.41, 5.74) is 2.94. The van der Waals surface area contributed by atoms with Crippen molar-refractivity contribution in [3.8, 4) is 0 Å². The van der Waals surface area contributed by atoms with Gasteiger partial charge in [0.2, 0.25) is 0 Å². The molecule has 90 valence electrons. The molecule has 0 saturated carbocycles. The minimum absolute atomic E-state index is 0.717. The van der Waals surface area contributed by atoms with Gasteiger partial charge in [-0.15, -0.1) is 10.2 Å². The molecular weight excluding hydrogens is 266 g/mol. The van der Waals surface area contributed by atoms with Crippen molar-refractivity contribution < 1.29 is 0 Å². The van der Waals surface area contributed by atoms with Crippen LogP contribution in [0.4, 0.5) is 0 Å². The lowest BCUT2D eigenvalue weighted by Gasteiger charge is -2.06. The van der Waals surface area contributed by atoms with E-state index in [-0.39, 0.29) is 0 Å². The summed E-state index contributed by atoms with van der Waals surface area (Å²) in [6, 6.07) is 5.76. The SMILES string of the molecule is C=C1c2ccc(Cl)cc2C=Cn2c(SC)nnc21. The Morgan fingerprint density at radius 1 is 1.33 bits per heavy atom. The van der Waals surface area contributed by atoms with E-state index in [1.54, 1.807) is 11.8 Å². The molecule has 0 unspecified atom stereocenters. The standard InChI is InChI=1S/C13H10ClN3S/c1-8-11-4-3-10(14)7-9(11)5-6-17-12(8)15-16-13(17)18-2/h3-7H,1H2,2H3. The molecule has 1 aliphatic rings. The highest BCUT2D eigenvalue weighted by Gasteiger charge is 2.18. The van der Waals surface area contributed by atoms with Crippen molar-refractivity contribution in [2.24, 2.45) is 0 Å². The number of aromatic nitrogens is 3. The highest BCUT2D eigenvalue weighted by atomic mass is 35.5. The van der Waals surface area contributed by atoms with E-state index in [2.05, 4.69) is 16.8 Å². The zero-order chi connectivity index (χ0) is 12.7. The van der Waals surface area contributed by atoms with Gasteiger partial charge in [0, 0.05) is 16.8 Å². The van der Waals surface area contributed by atoms with Crippen molar-refractivity contribution >= 4 is 41.2 Å². The summed E-state index contributed by atoms with van der Waals surface area (Å²) >= 11 is 7.57. The summed E-state index contributed by atoms with van der Waals surface area (Å²) in [6.45, 7) is 4.12. The molecule has 0 saturated heterocycles. The van der Waals surface area contributed by atoms with Gasteiger partial charge in [-0.25, -0.2) is 0 Å². The van der Waals surface area contributed by atoms with Crippen molar-refractivity contribution in [1.82, 2.24) is 14.8 Å². The molecule has 3 nitrogen and oxygen atoms in total. The van der Waals surface area contributed by atoms with E-state index in [0.29, 0.717) is 5.02 Å². The van der Waals surface area contributed by atoms with Crippen molar-refractivity contribution in [3.63, 3.8) is 0 Å². The van der Waals surface area contributed by atoms with Gasteiger partial charge >= 0.3 is 0 Å². The largest absolute Gasteiger partial charge is 0.277 e. The molecule has 5 heteroatoms. The molecule has 0 N–H and O–H groups in total. The van der Waals surface area contributed by atoms with Crippen LogP contribution in [0, 0.1) is 0 Å². The Labute approximate surface area is 114 Å². The number of nitrogens with zero attached hydrogens (tertiary/aromatic N) is 3. The van der Waals surface area contributed by atoms with Gasteiger partial charge in [0.15, 0.2) is 11.0 Å². The summed E-state index contributed by atoms with van der Waals surface area (Å²) < 4.78 is 1.95. The fraction of sp³-hybridized carbons (Fsp3) is 0.0769. The van der Waals surface area contributed by atoms with E-state index in [9.17, 15) is 0 Å². The molecule has 1 aliphatic heterocycles. The summed E-state index contributed by atoms with van der Waals surface area (Å²) in [5.74, 6) is 0.775. The average Bonchev–Trinajstić information content (AvgIpc) is 2.73. The second kappa shape index (κ2) is 4.30. The lowest BCUT2D eigenvalue weighted by Crippen LogP contribution is -1.96. The van der Waals surface area contributed by atoms with Crippen LogP contribution in [0.2, 0.25) is 5.02 Å². The van der Waals surface area contributed by atoms with Crippen molar-refractivity contribution in [2.75, 3.05) is 6.26 Å². The molecule has 0 bridgehead atoms. The lowest BCUT2D eigenvalue weighted by atomic mass is 10.0. The Morgan fingerprint density at radius 3 is 2.94 bits per heavy atom. The van der Waals surface area contributed by atoms with Gasteiger partial charge in [-0.3, -0.25) is 4.57 Å². The van der Waals surface area contributed by atoms with Crippen LogP contribution < -0.4 is 0 Å². The molecule has 0 fully saturated rings. The Hall–Kier alpha value is -1.52. The van der Waals surface area contributed by atoms with Crippen molar-refractivity contribution in [2.45, 2.75) is 5.16 Å². The molecule has 2 heterocycles. The minimum Gasteiger partial charge on any atom is -0.277 e. The normalized spacial score (nSPS) is 13.1. The first-order chi connectivity index (χ1) is 8.70. The molecule has 2 aromatic rings. The number of fused-ring (bicyclic) bond motifs is 2. The zero-order valence-electron chi connectivity index (χ0n) is 9.72. The van der Waals surface area contributed by atoms with Gasteiger partial charge in [-0.05, 0) is 35.6 Å². The third-order valence-corrected chi connectivity index (χ3v) is 3.74. The highest BCUT2D eigenvalue weighted by Crippen LogP contribution is 2.31. The second-order valence-electron chi connectivity index (χ2n) is 3.91. The van der Waals surface area contributed by atoms with E-state index < -0.39 is 0 Å². The van der Waals surface area contributed by atoms with E-state index >= 15 is 0 Å². The first kappa shape index (κ1) is 11.6. The van der Waals surface area contributed by atoms with E-state index in [1.165, 1.54) is 0 Å². The molecule has 0 radical (unpaired) electrons. The van der Waals surface area contributed by atoms with Gasteiger partial charge in [0.05, 0.1) is 0 Å². The Morgan fingerprint density at radius 2 is 2.17 bits per heavy atom. The van der Waals surface area contributed by atoms with E-state index in [1.807, 2.05) is 41.3 Å². The van der Waals surface area contributed by atoms with Crippen LogP contribution >= 0.6 is 23.4 Å². The van der Waals surface area contributed by atoms with Crippen LogP contribution in [0.1, 0.15) is 17.0 Å². The molecule has 18 heavy (non-hydrogen) atoms. The van der Waals surface area contributed by atoms with Crippen LogP contribution in [0.5, 0.6) is 0 Å². The number of rotatable bonds is 1. The fourth-order valence-corrected chi connectivity index (χ4v) is 2.63. The predicted octanol–water partition coefficient (Wildman–Crippen LogP) is 3.66. The van der Waals surface area contributed by atoms with Gasteiger partial charge < -0.3 is 0 Å². The second-order valence-corrected chi connectivity index (χ2v) is 5.12. The molecule has 1 aromatic carbocycles. The maximum absolute atomic E-state index is 6.02. The molecule has 0 amide bonds. The Balaban J connectivity index is 2.24. The topological polar surface area (TPSA) is 30.7 Å². The summed E-state index contributed by atoms with van der Waals surface area (Å²) in [6.07, 6.45) is 5.93. The molecule has 0 spiro atoms. The quantitative estimate of drug-likeness (QED) is 0.635. The smallest absolute Gasteiger partial charge is 0.195 e. The summed E-state index contributed by atoms with van der Waals surface area (Å²) in [5, 5.41) is 9.90. The van der Waals surface area contributed by atoms with Gasteiger partial charge in [-0.1, -0.05) is 36.0 Å². The third-order valence-electron chi connectivity index (χ3n) is 2.86. The zero-order valence-corrected chi connectivity index (χ0v) is 11.3. The van der Waals surface area contributed by atoms with Crippen LogP contribution in [0.25, 0.3) is 17.8 Å². The van der Waals surface area contributed by atoms with E-state index in [0.717, 1.165) is 27.7 Å². The predicted molar refractivity (Wildman–Crippen MR) is 76.6 cm³/mol. The van der Waals surface area contributed by atoms with Gasteiger partial charge in [0.1, 0.15) is 0 Å². The monoisotopic (exact) mass is 275 g/mol. The number of thioether (sulfide) groups is 1. The molecule has 0 atom stereocenters. The number of benzene rings is 1. The summed E-state index contributed by atoms with van der Waals surface area (Å²) in [4.78, 5) is 0. The van der Waals surface area contributed by atoms with Crippen molar-refractivity contribution in [3.05, 3.63) is 46.8 Å². The molecule has 3 rings (SSSR count). The highest BCUT2D eigenvalue weighted by molar-refractivity contribution is 7.98. The minimum atomic E-state index is 0.717. The van der Waals surface area contributed by atoms with Crippen LogP contribution in [0.15, 0.2) is 29.9 Å². The average molecular weight is 276 g/mol. The van der Waals surface area contributed by atoms with Crippen LogP contribution in [-0.2, 0) is 0 Å². The number of hydrogen-bond donors (Lipinski definition) is 0. The summed E-state index contributed by atoms with van der Waals surface area (Å²) in [7, 11) is 0. The Bertz CT molecular complexity index is 673. The third kappa shape index (κ3) is 1.69. The number of halogens is 1. The maximum Gasteiger partial charge on any atom is 0.195 e. The van der Waals surface area contributed by atoms with Crippen LogP contribution in [0.3, 0.4) is 0 Å². The number of hydrogen-bond acceptors (Lipinski definition) is 3. The molecular formula is C13H10ClN3S. The van der Waals surface area contributed by atoms with Crippen LogP contribution in [-0.4, -0.2) is 21.0 Å². The van der Waals surface area contributed by atoms with Gasteiger partial charge in [0.25, 0.3) is 0 Å². The van der Waals surface area contributed by atoms with Crippen molar-refractivity contribution in [1.29, 1.82) is 0 Å². The maximum atomic E-state index is 6.02. The lowest BCUT2D eigenvalue weighted by molar-refractivity contribution is 0.922. The van der Waals surface area contributed by atoms with Gasteiger partial charge in [-0.2, -0.15) is 0 Å². The Kier molecular flexibility index (Phi) is 2.76. The molecule has 0 aliphatic carbocycles. The first-order valence-electron chi connectivity index (χ1n) is 5.37. The molecule has 1 aromatic heterocycles.